The molecule has 5 N–H and O–H groups in total. The van der Waals surface area contributed by atoms with E-state index in [2.05, 4.69) is 0 Å². The first kappa shape index (κ1) is 20.6. The lowest BCUT2D eigenvalue weighted by atomic mass is 9.78. The molecular weight excluding hydrogens is 366 g/mol. The van der Waals surface area contributed by atoms with Crippen molar-refractivity contribution < 1.29 is 33.8 Å². The van der Waals surface area contributed by atoms with Gasteiger partial charge in [0.1, 0.15) is 5.75 Å². The van der Waals surface area contributed by atoms with Gasteiger partial charge in [0, 0.05) is 0 Å². The fourth-order valence-corrected chi connectivity index (χ4v) is 5.83. The molecule has 7 nitrogen and oxygen atoms in total. The van der Waals surface area contributed by atoms with Crippen LogP contribution in [0.15, 0.2) is 6.07 Å². The largest absolute Gasteiger partial charge is 0.507 e. The lowest BCUT2D eigenvalue weighted by Crippen LogP contribution is -2.19. The van der Waals surface area contributed by atoms with E-state index in [0.717, 1.165) is 24.0 Å². The Labute approximate surface area is 147 Å². The Hall–Kier alpha value is -0.680. The first-order chi connectivity index (χ1) is 11.2. The second-order valence-corrected chi connectivity index (χ2v) is 11.7. The van der Waals surface area contributed by atoms with E-state index in [1.54, 1.807) is 6.07 Å². The van der Waals surface area contributed by atoms with Gasteiger partial charge in [0.15, 0.2) is 5.40 Å². The molecule has 142 valence electrons. The fourth-order valence-electron chi connectivity index (χ4n) is 3.40. The van der Waals surface area contributed by atoms with E-state index in [1.165, 1.54) is 0 Å². The third-order valence-electron chi connectivity index (χ3n) is 4.70. The van der Waals surface area contributed by atoms with Crippen LogP contribution in [0, 0.1) is 0 Å². The molecule has 0 fully saturated rings. The standard InChI is InChI=1S/C16H26O7P2/c1-16(2,3)13-8-10(9-14(24(18,19)20)25(21,22)23)11-6-4-5-7-12(11)15(13)17/h8,14,17H,4-7,9H2,1-3H3,(H2,18,19,20)(H2,21,22,23). The number of hydrogen-bond donors (Lipinski definition) is 5. The number of phenols is 1. The molecule has 0 amide bonds. The Morgan fingerprint density at radius 2 is 1.48 bits per heavy atom. The fraction of sp³-hybridized carbons (Fsp3) is 0.625. The summed E-state index contributed by atoms with van der Waals surface area (Å²) in [7, 11) is -9.98. The van der Waals surface area contributed by atoms with Crippen LogP contribution in [0.4, 0.5) is 0 Å². The summed E-state index contributed by atoms with van der Waals surface area (Å²) in [5, 5.41) is 8.58. The first-order valence-electron chi connectivity index (χ1n) is 8.20. The molecule has 1 aromatic carbocycles. The summed E-state index contributed by atoms with van der Waals surface area (Å²) in [5.74, 6) is 0.190. The molecule has 9 heteroatoms. The van der Waals surface area contributed by atoms with Crippen molar-refractivity contribution >= 4 is 15.2 Å². The molecule has 0 saturated heterocycles. The van der Waals surface area contributed by atoms with Gasteiger partial charge in [-0.15, -0.1) is 0 Å². The van der Waals surface area contributed by atoms with Gasteiger partial charge in [-0.3, -0.25) is 9.13 Å². The Kier molecular flexibility index (Phi) is 5.61. The summed E-state index contributed by atoms with van der Waals surface area (Å²) in [6, 6.07) is 1.65. The van der Waals surface area contributed by atoms with Gasteiger partial charge >= 0.3 is 15.2 Å². The van der Waals surface area contributed by atoms with Crippen LogP contribution >= 0.6 is 15.2 Å². The van der Waals surface area contributed by atoms with E-state index in [9.17, 15) is 33.8 Å². The molecule has 0 atom stereocenters. The highest BCUT2D eigenvalue weighted by Gasteiger charge is 2.44. The van der Waals surface area contributed by atoms with Crippen LogP contribution in [-0.2, 0) is 33.8 Å². The highest BCUT2D eigenvalue weighted by molar-refractivity contribution is 7.70. The number of hydrogen-bond acceptors (Lipinski definition) is 3. The summed E-state index contributed by atoms with van der Waals surface area (Å²) < 4.78 is 23.3. The molecule has 0 aromatic heterocycles. The van der Waals surface area contributed by atoms with Crippen molar-refractivity contribution in [2.45, 2.75) is 63.7 Å². The van der Waals surface area contributed by atoms with Crippen molar-refractivity contribution in [2.75, 3.05) is 0 Å². The Morgan fingerprint density at radius 1 is 1.00 bits per heavy atom. The minimum atomic E-state index is -4.99. The Bertz CT molecular complexity index is 733. The van der Waals surface area contributed by atoms with Gasteiger partial charge in [-0.05, 0) is 59.8 Å². The van der Waals surface area contributed by atoms with Crippen LogP contribution < -0.4 is 0 Å². The number of aromatic hydroxyl groups is 1. The van der Waals surface area contributed by atoms with Crippen LogP contribution in [0.5, 0.6) is 5.75 Å². The van der Waals surface area contributed by atoms with E-state index in [0.29, 0.717) is 24.0 Å². The number of phenolic OH excluding ortho intramolecular Hbond substituents is 1. The van der Waals surface area contributed by atoms with Crippen LogP contribution in [0.1, 0.15) is 55.9 Å². The Balaban J connectivity index is 2.64. The van der Waals surface area contributed by atoms with E-state index >= 15 is 0 Å². The van der Waals surface area contributed by atoms with Gasteiger partial charge in [0.25, 0.3) is 0 Å². The SMILES string of the molecule is CC(C)(C)c1cc(CC(P(=O)(O)O)P(=O)(O)O)c2c(c1O)CCCC2. The summed E-state index contributed by atoms with van der Waals surface area (Å²) in [6.45, 7) is 5.72. The van der Waals surface area contributed by atoms with E-state index < -0.39 is 32.4 Å². The molecule has 0 saturated carbocycles. The molecule has 0 aliphatic heterocycles. The minimum Gasteiger partial charge on any atom is -0.507 e. The molecule has 0 heterocycles. The molecule has 25 heavy (non-hydrogen) atoms. The molecular formula is C16H26O7P2. The lowest BCUT2D eigenvalue weighted by molar-refractivity contribution is 0.338. The number of benzene rings is 1. The van der Waals surface area contributed by atoms with Crippen LogP contribution in [-0.4, -0.2) is 30.1 Å². The summed E-state index contributed by atoms with van der Waals surface area (Å²) >= 11 is 0. The molecule has 0 bridgehead atoms. The smallest absolute Gasteiger partial charge is 0.341 e. The van der Waals surface area contributed by atoms with E-state index in [4.69, 9.17) is 0 Å². The van der Waals surface area contributed by atoms with Crippen molar-refractivity contribution in [1.29, 1.82) is 0 Å². The van der Waals surface area contributed by atoms with Crippen LogP contribution in [0.3, 0.4) is 0 Å². The van der Waals surface area contributed by atoms with Gasteiger partial charge in [0.05, 0.1) is 0 Å². The predicted octanol–water partition coefficient (Wildman–Crippen LogP) is 2.79. The molecule has 0 spiro atoms. The lowest BCUT2D eigenvalue weighted by Gasteiger charge is -2.29. The molecule has 1 aliphatic carbocycles. The van der Waals surface area contributed by atoms with Crippen molar-refractivity contribution in [3.63, 3.8) is 0 Å². The second-order valence-electron chi connectivity index (χ2n) is 7.71. The van der Waals surface area contributed by atoms with Crippen molar-refractivity contribution in [2.24, 2.45) is 0 Å². The van der Waals surface area contributed by atoms with Gasteiger partial charge in [0.2, 0.25) is 0 Å². The zero-order valence-electron chi connectivity index (χ0n) is 14.6. The molecule has 1 aliphatic rings. The topological polar surface area (TPSA) is 135 Å². The molecule has 2 rings (SSSR count). The summed E-state index contributed by atoms with van der Waals surface area (Å²) in [5.41, 5.74) is 2.23. The summed E-state index contributed by atoms with van der Waals surface area (Å²) in [4.78, 5) is 37.7. The van der Waals surface area contributed by atoms with E-state index in [1.807, 2.05) is 20.8 Å². The molecule has 0 unspecified atom stereocenters. The summed E-state index contributed by atoms with van der Waals surface area (Å²) in [6.07, 6.45) is 2.62. The number of rotatable bonds is 4. The highest BCUT2D eigenvalue weighted by Crippen LogP contribution is 2.61. The molecule has 1 aromatic rings. The molecule has 0 radical (unpaired) electrons. The third kappa shape index (κ3) is 4.54. The van der Waals surface area contributed by atoms with Gasteiger partial charge in [-0.1, -0.05) is 26.8 Å². The second kappa shape index (κ2) is 6.80. The van der Waals surface area contributed by atoms with Gasteiger partial charge in [-0.2, -0.15) is 0 Å². The van der Waals surface area contributed by atoms with Crippen molar-refractivity contribution in [3.05, 3.63) is 28.3 Å². The van der Waals surface area contributed by atoms with E-state index in [-0.39, 0.29) is 5.75 Å². The van der Waals surface area contributed by atoms with Crippen LogP contribution in [0.2, 0.25) is 0 Å². The minimum absolute atomic E-state index is 0.190. The third-order valence-corrected chi connectivity index (χ3v) is 8.43. The first-order valence-corrected chi connectivity index (χ1v) is 11.6. The Morgan fingerprint density at radius 3 is 1.92 bits per heavy atom. The predicted molar refractivity (Wildman–Crippen MR) is 95.0 cm³/mol. The normalized spacial score (nSPS) is 16.2. The maximum absolute atomic E-state index is 11.7. The maximum atomic E-state index is 11.7. The quantitative estimate of drug-likeness (QED) is 0.497. The zero-order chi connectivity index (χ0) is 19.2. The monoisotopic (exact) mass is 392 g/mol. The van der Waals surface area contributed by atoms with Gasteiger partial charge < -0.3 is 24.7 Å². The van der Waals surface area contributed by atoms with Crippen LogP contribution in [0.25, 0.3) is 0 Å². The van der Waals surface area contributed by atoms with Gasteiger partial charge in [-0.25, -0.2) is 0 Å². The average Bonchev–Trinajstić information content (AvgIpc) is 2.42. The number of fused-ring (bicyclic) bond motifs is 1. The average molecular weight is 392 g/mol. The van der Waals surface area contributed by atoms with Crippen molar-refractivity contribution in [1.82, 2.24) is 0 Å². The zero-order valence-corrected chi connectivity index (χ0v) is 16.4. The highest BCUT2D eigenvalue weighted by atomic mass is 31.2. The maximum Gasteiger partial charge on any atom is 0.341 e. The van der Waals surface area contributed by atoms with Crippen molar-refractivity contribution in [3.8, 4) is 5.75 Å².